The Hall–Kier alpha value is -5.28. The molecule has 4 aromatic rings. The van der Waals surface area contributed by atoms with Gasteiger partial charge in [0.1, 0.15) is 41.0 Å². The molecule has 0 bridgehead atoms. The Morgan fingerprint density at radius 2 is 1.63 bits per heavy atom. The first-order chi connectivity index (χ1) is 29.9. The van der Waals surface area contributed by atoms with Gasteiger partial charge in [0.2, 0.25) is 11.8 Å². The first-order valence-electron chi connectivity index (χ1n) is 22.7. The molecule has 4 saturated heterocycles. The maximum Gasteiger partial charge on any atom is 0.255 e. The van der Waals surface area contributed by atoms with Crippen molar-refractivity contribution in [2.75, 3.05) is 56.2 Å². The van der Waals surface area contributed by atoms with E-state index in [9.17, 15) is 14.4 Å². The summed E-state index contributed by atoms with van der Waals surface area (Å²) in [4.78, 5) is 56.1. The fraction of sp³-hybridized carbons (Fsp3) is 0.574. The number of nitrogens with zero attached hydrogens (tertiary/aromatic N) is 7. The van der Waals surface area contributed by atoms with Crippen LogP contribution >= 0.6 is 0 Å². The van der Waals surface area contributed by atoms with Crippen LogP contribution in [0.5, 0.6) is 11.5 Å². The molecule has 15 nitrogen and oxygen atoms in total. The molecule has 2 N–H and O–H groups in total. The number of anilines is 2. The smallest absolute Gasteiger partial charge is 0.255 e. The topological polar surface area (TPSA) is 158 Å². The van der Waals surface area contributed by atoms with E-state index >= 15 is 0 Å². The summed E-state index contributed by atoms with van der Waals surface area (Å²) in [6, 6.07) is 11.4. The van der Waals surface area contributed by atoms with Gasteiger partial charge in [-0.1, -0.05) is 0 Å². The summed E-state index contributed by atoms with van der Waals surface area (Å²) in [5.41, 5.74) is 4.94. The molecule has 6 aliphatic rings. The highest BCUT2D eigenvalue weighted by Gasteiger charge is 2.43. The van der Waals surface area contributed by atoms with Crippen molar-refractivity contribution in [3.63, 3.8) is 0 Å². The number of aromatic amines is 1. The molecule has 1 saturated carbocycles. The van der Waals surface area contributed by atoms with E-state index in [1.165, 1.54) is 0 Å². The number of imide groups is 1. The molecule has 62 heavy (non-hydrogen) atoms. The number of piperidine rings is 4. The predicted molar refractivity (Wildman–Crippen MR) is 234 cm³/mol. The summed E-state index contributed by atoms with van der Waals surface area (Å²) >= 11 is 0. The van der Waals surface area contributed by atoms with Crippen LogP contribution in [-0.4, -0.2) is 123 Å². The predicted octanol–water partition coefficient (Wildman–Crippen LogP) is 5.87. The van der Waals surface area contributed by atoms with Crippen LogP contribution in [-0.2, 0) is 20.9 Å². The fourth-order valence-corrected chi connectivity index (χ4v) is 10.5. The molecule has 2 aromatic heterocycles. The number of carbonyl (C=O) groups excluding carboxylic acids is 3. The second kappa shape index (κ2) is 16.1. The Balaban J connectivity index is 0.699. The van der Waals surface area contributed by atoms with Gasteiger partial charge in [0.05, 0.1) is 42.8 Å². The Kier molecular flexibility index (Phi) is 10.6. The van der Waals surface area contributed by atoms with Crippen LogP contribution in [0, 0.1) is 5.92 Å². The normalized spacial score (nSPS) is 24.4. The minimum atomic E-state index is -0.656. The molecule has 1 unspecified atom stereocenters. The number of amides is 3. The summed E-state index contributed by atoms with van der Waals surface area (Å²) in [5, 5.41) is 11.2. The monoisotopic (exact) mass is 845 g/mol. The maximum absolute atomic E-state index is 13.4. The van der Waals surface area contributed by atoms with E-state index in [1.807, 2.05) is 24.3 Å². The molecule has 1 aliphatic carbocycles. The van der Waals surface area contributed by atoms with E-state index in [-0.39, 0.29) is 48.1 Å². The molecule has 0 spiro atoms. The molecule has 2 aromatic carbocycles. The second-order valence-corrected chi connectivity index (χ2v) is 19.3. The highest BCUT2D eigenvalue weighted by Crippen LogP contribution is 2.43. The van der Waals surface area contributed by atoms with Crippen molar-refractivity contribution >= 4 is 40.1 Å². The highest BCUT2D eigenvalue weighted by molar-refractivity contribution is 6.06. The molecule has 328 valence electrons. The van der Waals surface area contributed by atoms with Crippen LogP contribution in [0.25, 0.3) is 22.3 Å². The highest BCUT2D eigenvalue weighted by atomic mass is 16.5. The van der Waals surface area contributed by atoms with E-state index in [2.05, 4.69) is 68.1 Å². The molecule has 5 aliphatic heterocycles. The minimum Gasteiger partial charge on any atom is -0.494 e. The molecular weight excluding hydrogens is 787 g/mol. The van der Waals surface area contributed by atoms with Crippen LogP contribution in [0.1, 0.15) is 101 Å². The van der Waals surface area contributed by atoms with Crippen molar-refractivity contribution in [3.8, 4) is 22.9 Å². The summed E-state index contributed by atoms with van der Waals surface area (Å²) in [5.74, 6) is 2.25. The van der Waals surface area contributed by atoms with Crippen LogP contribution in [0.4, 0.5) is 11.5 Å². The molecule has 7 heterocycles. The number of benzene rings is 2. The summed E-state index contributed by atoms with van der Waals surface area (Å²) in [6.45, 7) is 12.9. The fourth-order valence-electron chi connectivity index (χ4n) is 10.5. The molecule has 10 rings (SSSR count). The number of ether oxygens (including phenoxy) is 3. The van der Waals surface area contributed by atoms with Gasteiger partial charge in [0.25, 0.3) is 5.91 Å². The number of methoxy groups -OCH3 is 1. The van der Waals surface area contributed by atoms with Gasteiger partial charge in [-0.15, -0.1) is 0 Å². The number of carbonyl (C=O) groups is 3. The number of likely N-dealkylation sites (tertiary alicyclic amines) is 1. The second-order valence-electron chi connectivity index (χ2n) is 19.3. The quantitative estimate of drug-likeness (QED) is 0.174. The van der Waals surface area contributed by atoms with Crippen molar-refractivity contribution in [1.29, 1.82) is 0 Å². The Labute approximate surface area is 362 Å². The number of rotatable bonds is 11. The number of aromatic nitrogens is 4. The third kappa shape index (κ3) is 7.97. The molecule has 0 radical (unpaired) electrons. The lowest BCUT2D eigenvalue weighted by Crippen LogP contribution is -2.54. The van der Waals surface area contributed by atoms with E-state index < -0.39 is 11.9 Å². The zero-order valence-corrected chi connectivity index (χ0v) is 36.5. The molecule has 5 fully saturated rings. The third-order valence-corrected chi connectivity index (χ3v) is 14.5. The van der Waals surface area contributed by atoms with Crippen LogP contribution in [0.3, 0.4) is 0 Å². The number of hydrogen-bond acceptors (Lipinski definition) is 12. The molecule has 3 amide bonds. The van der Waals surface area contributed by atoms with E-state index in [0.717, 1.165) is 136 Å². The largest absolute Gasteiger partial charge is 0.494 e. The number of H-pyrrole nitrogens is 1. The molecule has 2 atom stereocenters. The van der Waals surface area contributed by atoms with Gasteiger partial charge in [0.15, 0.2) is 0 Å². The van der Waals surface area contributed by atoms with Crippen molar-refractivity contribution in [2.45, 2.75) is 121 Å². The van der Waals surface area contributed by atoms with E-state index in [1.54, 1.807) is 18.3 Å². The lowest BCUT2D eigenvalue weighted by molar-refractivity contribution is -0.136. The van der Waals surface area contributed by atoms with Crippen LogP contribution in [0.15, 0.2) is 42.7 Å². The van der Waals surface area contributed by atoms with Gasteiger partial charge < -0.3 is 28.9 Å². The average molecular weight is 846 g/mol. The van der Waals surface area contributed by atoms with Gasteiger partial charge >= 0.3 is 0 Å². The lowest BCUT2D eigenvalue weighted by Gasteiger charge is -2.48. The van der Waals surface area contributed by atoms with Crippen molar-refractivity contribution in [1.82, 2.24) is 35.3 Å². The molecule has 15 heteroatoms. The maximum atomic E-state index is 13.4. The third-order valence-electron chi connectivity index (χ3n) is 14.5. The van der Waals surface area contributed by atoms with Gasteiger partial charge in [-0.25, -0.2) is 9.97 Å². The van der Waals surface area contributed by atoms with E-state index in [0.29, 0.717) is 23.7 Å². The van der Waals surface area contributed by atoms with Crippen molar-refractivity contribution in [3.05, 3.63) is 53.9 Å². The minimum absolute atomic E-state index is 0.0459. The first kappa shape index (κ1) is 40.8. The van der Waals surface area contributed by atoms with Gasteiger partial charge in [-0.05, 0) is 115 Å². The van der Waals surface area contributed by atoms with Crippen LogP contribution in [0.2, 0.25) is 0 Å². The van der Waals surface area contributed by atoms with E-state index in [4.69, 9.17) is 19.2 Å². The zero-order valence-electron chi connectivity index (χ0n) is 36.5. The molecular formula is C47H59N9O6. The van der Waals surface area contributed by atoms with Crippen molar-refractivity contribution < 1.29 is 28.6 Å². The summed E-state index contributed by atoms with van der Waals surface area (Å²) in [7, 11) is 1.64. The average Bonchev–Trinajstić information content (AvgIpc) is 3.68. The van der Waals surface area contributed by atoms with Gasteiger partial charge in [-0.2, -0.15) is 5.10 Å². The standard InChI is InChI=1S/C47H59N9O6/c1-46(2)25-32(61-30-13-20-53(21-14-30)38-8-6-33-35(43(38)60-4)27-56(45(33)59)39-9-10-41(57)50-44(39)58)15-22-55(46)26-29-11-18-54(19-12-29)40-24-37(48-28-49-40)42-34-23-31(62-47(3)16-17-47)5-7-36(34)51-52-42/h5-8,23-24,28-30,32,39H,9-22,25-27H2,1-4H3,(H,51,52)(H,50,57,58)/t32-,39?/m0/s1. The van der Waals surface area contributed by atoms with Gasteiger partial charge in [0, 0.05) is 73.8 Å². The number of nitrogens with one attached hydrogen (secondary N) is 2. The van der Waals surface area contributed by atoms with Crippen LogP contribution < -0.4 is 24.6 Å². The first-order valence-corrected chi connectivity index (χ1v) is 22.7. The summed E-state index contributed by atoms with van der Waals surface area (Å²) in [6.07, 6.45) is 11.0. The summed E-state index contributed by atoms with van der Waals surface area (Å²) < 4.78 is 19.1. The zero-order chi connectivity index (χ0) is 42.8. The van der Waals surface area contributed by atoms with Gasteiger partial charge in [-0.3, -0.25) is 29.7 Å². The Morgan fingerprint density at radius 1 is 0.855 bits per heavy atom. The number of fused-ring (bicyclic) bond motifs is 2. The Bertz CT molecular complexity index is 2360. The Morgan fingerprint density at radius 3 is 2.37 bits per heavy atom. The SMILES string of the molecule is COc1c(N2CCC(O[C@H]3CCN(CC4CCN(c5cc(-c6n[nH]c7ccc(OC8(C)CC8)cc67)ncn5)CC4)C(C)(C)C3)CC2)ccc2c1CN(C1CCC(=O)NC1=O)C2=O. The lowest BCUT2D eigenvalue weighted by atomic mass is 9.85. The van der Waals surface area contributed by atoms with Crippen molar-refractivity contribution in [2.24, 2.45) is 5.92 Å². The number of hydrogen-bond donors (Lipinski definition) is 2.